The van der Waals surface area contributed by atoms with Crippen molar-refractivity contribution in [2.45, 2.75) is 57.6 Å². The number of nitrogens with zero attached hydrogens (tertiary/aromatic N) is 4. The molecular formula is C13H25N5O. The molecule has 0 aromatic carbocycles. The van der Waals surface area contributed by atoms with Crippen LogP contribution in [0.4, 0.5) is 0 Å². The summed E-state index contributed by atoms with van der Waals surface area (Å²) in [4.78, 5) is 0. The molecule has 0 bridgehead atoms. The zero-order valence-corrected chi connectivity index (χ0v) is 12.0. The molecule has 1 aromatic rings. The van der Waals surface area contributed by atoms with E-state index in [0.717, 1.165) is 44.0 Å². The van der Waals surface area contributed by atoms with Gasteiger partial charge in [0.1, 0.15) is 5.60 Å². The van der Waals surface area contributed by atoms with Crippen molar-refractivity contribution < 1.29 is 4.74 Å². The first-order valence-corrected chi connectivity index (χ1v) is 7.24. The van der Waals surface area contributed by atoms with Crippen molar-refractivity contribution in [2.24, 2.45) is 11.7 Å². The Hall–Kier alpha value is -1.01. The first kappa shape index (κ1) is 14.4. The Morgan fingerprint density at radius 2 is 2.11 bits per heavy atom. The van der Waals surface area contributed by atoms with Gasteiger partial charge in [0.05, 0.1) is 0 Å². The minimum Gasteiger partial charge on any atom is -0.370 e. The Labute approximate surface area is 114 Å². The van der Waals surface area contributed by atoms with E-state index in [1.165, 1.54) is 12.8 Å². The van der Waals surface area contributed by atoms with Crippen LogP contribution in [0.1, 0.15) is 51.3 Å². The molecule has 1 aliphatic carbocycles. The predicted octanol–water partition coefficient (Wildman–Crippen LogP) is 1.46. The lowest BCUT2D eigenvalue weighted by Gasteiger charge is -2.36. The maximum atomic E-state index is 5.83. The normalized spacial score (nSPS) is 27.6. The van der Waals surface area contributed by atoms with Crippen molar-refractivity contribution in [1.29, 1.82) is 0 Å². The van der Waals surface area contributed by atoms with Crippen molar-refractivity contribution in [3.8, 4) is 0 Å². The first-order chi connectivity index (χ1) is 9.22. The van der Waals surface area contributed by atoms with Gasteiger partial charge in [0, 0.05) is 13.7 Å². The molecule has 2 rings (SSSR count). The van der Waals surface area contributed by atoms with Gasteiger partial charge in [-0.15, -0.1) is 5.10 Å². The molecule has 0 atom stereocenters. The summed E-state index contributed by atoms with van der Waals surface area (Å²) >= 11 is 0. The number of hydrogen-bond acceptors (Lipinski definition) is 5. The van der Waals surface area contributed by atoms with E-state index in [2.05, 4.69) is 22.4 Å². The minimum atomic E-state index is -0.293. The van der Waals surface area contributed by atoms with Crippen LogP contribution in [-0.4, -0.2) is 33.9 Å². The van der Waals surface area contributed by atoms with E-state index in [1.807, 2.05) is 4.68 Å². The molecule has 6 heteroatoms. The Morgan fingerprint density at radius 1 is 1.37 bits per heavy atom. The Balaban J connectivity index is 2.12. The van der Waals surface area contributed by atoms with Gasteiger partial charge in [0.25, 0.3) is 0 Å². The number of rotatable bonds is 6. The third-order valence-corrected chi connectivity index (χ3v) is 4.24. The van der Waals surface area contributed by atoms with Crippen LogP contribution in [0.3, 0.4) is 0 Å². The number of hydrogen-bond donors (Lipinski definition) is 1. The van der Waals surface area contributed by atoms with Crippen LogP contribution in [0, 0.1) is 5.92 Å². The lowest BCUT2D eigenvalue weighted by Crippen LogP contribution is -2.36. The van der Waals surface area contributed by atoms with Gasteiger partial charge in [0.2, 0.25) is 0 Å². The van der Waals surface area contributed by atoms with E-state index in [1.54, 1.807) is 7.11 Å². The largest absolute Gasteiger partial charge is 0.370 e. The van der Waals surface area contributed by atoms with Crippen molar-refractivity contribution in [2.75, 3.05) is 13.7 Å². The molecule has 108 valence electrons. The Kier molecular flexibility index (Phi) is 4.87. The van der Waals surface area contributed by atoms with Crippen LogP contribution in [0.25, 0.3) is 0 Å². The number of tetrazole rings is 1. The van der Waals surface area contributed by atoms with Gasteiger partial charge >= 0.3 is 0 Å². The molecule has 1 fully saturated rings. The SMILES string of the molecule is COC1(c2nnnn2CCCCN)CCC(C)CC1. The molecule has 1 aromatic heterocycles. The lowest BCUT2D eigenvalue weighted by molar-refractivity contribution is -0.0629. The molecule has 1 heterocycles. The number of nitrogens with two attached hydrogens (primary N) is 1. The van der Waals surface area contributed by atoms with E-state index >= 15 is 0 Å². The smallest absolute Gasteiger partial charge is 0.183 e. The second kappa shape index (κ2) is 6.43. The molecule has 0 radical (unpaired) electrons. The molecule has 0 saturated heterocycles. The number of aromatic nitrogens is 4. The number of unbranched alkanes of at least 4 members (excludes halogenated alkanes) is 1. The minimum absolute atomic E-state index is 0.293. The van der Waals surface area contributed by atoms with Crippen molar-refractivity contribution >= 4 is 0 Å². The molecule has 1 aliphatic rings. The highest BCUT2D eigenvalue weighted by Gasteiger charge is 2.40. The summed E-state index contributed by atoms with van der Waals surface area (Å²) in [5, 5.41) is 12.2. The molecular weight excluding hydrogens is 242 g/mol. The van der Waals surface area contributed by atoms with Crippen molar-refractivity contribution in [1.82, 2.24) is 20.2 Å². The van der Waals surface area contributed by atoms with Crippen LogP contribution < -0.4 is 5.73 Å². The van der Waals surface area contributed by atoms with Crippen LogP contribution in [0.5, 0.6) is 0 Å². The molecule has 6 nitrogen and oxygen atoms in total. The third-order valence-electron chi connectivity index (χ3n) is 4.24. The van der Waals surface area contributed by atoms with Gasteiger partial charge in [0.15, 0.2) is 5.82 Å². The molecule has 19 heavy (non-hydrogen) atoms. The summed E-state index contributed by atoms with van der Waals surface area (Å²) in [5.41, 5.74) is 5.24. The zero-order valence-electron chi connectivity index (χ0n) is 12.0. The van der Waals surface area contributed by atoms with E-state index in [9.17, 15) is 0 Å². The van der Waals surface area contributed by atoms with E-state index < -0.39 is 0 Å². The highest BCUT2D eigenvalue weighted by Crippen LogP contribution is 2.40. The lowest BCUT2D eigenvalue weighted by atomic mass is 9.79. The zero-order chi connectivity index (χ0) is 13.7. The third kappa shape index (κ3) is 3.12. The molecule has 0 unspecified atom stereocenters. The number of aryl methyl sites for hydroxylation is 1. The van der Waals surface area contributed by atoms with Crippen molar-refractivity contribution in [3.63, 3.8) is 0 Å². The van der Waals surface area contributed by atoms with Gasteiger partial charge < -0.3 is 10.5 Å². The highest BCUT2D eigenvalue weighted by molar-refractivity contribution is 5.03. The maximum absolute atomic E-state index is 5.83. The molecule has 2 N–H and O–H groups in total. The van der Waals surface area contributed by atoms with Crippen LogP contribution in [0.15, 0.2) is 0 Å². The molecule has 0 spiro atoms. The highest BCUT2D eigenvalue weighted by atomic mass is 16.5. The van der Waals surface area contributed by atoms with Gasteiger partial charge in [-0.1, -0.05) is 6.92 Å². The maximum Gasteiger partial charge on any atom is 0.183 e. The Morgan fingerprint density at radius 3 is 2.74 bits per heavy atom. The second-order valence-corrected chi connectivity index (χ2v) is 5.60. The topological polar surface area (TPSA) is 78.9 Å². The summed E-state index contributed by atoms with van der Waals surface area (Å²) in [5.74, 6) is 1.66. The van der Waals surface area contributed by atoms with Gasteiger partial charge in [-0.05, 0) is 61.4 Å². The van der Waals surface area contributed by atoms with E-state index in [4.69, 9.17) is 10.5 Å². The molecule has 0 amide bonds. The second-order valence-electron chi connectivity index (χ2n) is 5.60. The summed E-state index contributed by atoms with van der Waals surface area (Å²) < 4.78 is 7.73. The Bertz CT molecular complexity index is 384. The molecule has 0 aliphatic heterocycles. The first-order valence-electron chi connectivity index (χ1n) is 7.24. The van der Waals surface area contributed by atoms with Crippen LogP contribution in [-0.2, 0) is 16.9 Å². The monoisotopic (exact) mass is 267 g/mol. The molecule has 1 saturated carbocycles. The van der Waals surface area contributed by atoms with Crippen LogP contribution >= 0.6 is 0 Å². The van der Waals surface area contributed by atoms with Crippen LogP contribution in [0.2, 0.25) is 0 Å². The van der Waals surface area contributed by atoms with Gasteiger partial charge in [-0.3, -0.25) is 0 Å². The fourth-order valence-corrected chi connectivity index (χ4v) is 2.83. The summed E-state index contributed by atoms with van der Waals surface area (Å²) in [6.07, 6.45) is 6.35. The van der Waals surface area contributed by atoms with E-state index in [-0.39, 0.29) is 5.60 Å². The van der Waals surface area contributed by atoms with Gasteiger partial charge in [-0.2, -0.15) is 0 Å². The summed E-state index contributed by atoms with van der Waals surface area (Å²) in [6, 6.07) is 0. The quantitative estimate of drug-likeness (QED) is 0.789. The fraction of sp³-hybridized carbons (Fsp3) is 0.923. The summed E-state index contributed by atoms with van der Waals surface area (Å²) in [7, 11) is 1.77. The van der Waals surface area contributed by atoms with Gasteiger partial charge in [-0.25, -0.2) is 4.68 Å². The van der Waals surface area contributed by atoms with Crippen molar-refractivity contribution in [3.05, 3.63) is 5.82 Å². The average Bonchev–Trinajstić information content (AvgIpc) is 2.90. The fourth-order valence-electron chi connectivity index (χ4n) is 2.83. The number of methoxy groups -OCH3 is 1. The standard InChI is InChI=1S/C13H25N5O/c1-11-5-7-13(19-2,8-6-11)12-15-16-17-18(12)10-4-3-9-14/h11H,3-10,14H2,1-2H3. The van der Waals surface area contributed by atoms with E-state index in [0.29, 0.717) is 6.54 Å². The summed E-state index contributed by atoms with van der Waals surface area (Å²) in [6.45, 7) is 3.83. The predicted molar refractivity (Wildman–Crippen MR) is 72.4 cm³/mol. The number of ether oxygens (including phenoxy) is 1. The average molecular weight is 267 g/mol.